The third-order valence-electron chi connectivity index (χ3n) is 5.56. The highest BCUT2D eigenvalue weighted by molar-refractivity contribution is 7.99. The van der Waals surface area contributed by atoms with Crippen molar-refractivity contribution in [2.75, 3.05) is 24.2 Å². The number of hydrogen-bond acceptors (Lipinski definition) is 6. The molecule has 3 heterocycles. The Hall–Kier alpha value is -2.87. The summed E-state index contributed by atoms with van der Waals surface area (Å²) in [7, 11) is 0. The number of hydrogen-bond donors (Lipinski definition) is 1. The van der Waals surface area contributed by atoms with Crippen molar-refractivity contribution in [2.45, 2.75) is 44.7 Å². The van der Waals surface area contributed by atoms with Crippen molar-refractivity contribution in [2.24, 2.45) is 0 Å². The van der Waals surface area contributed by atoms with E-state index in [9.17, 15) is 9.59 Å². The number of nitrogens with one attached hydrogen (secondary N) is 1. The molecular weight excluding hydrogens is 412 g/mol. The lowest BCUT2D eigenvalue weighted by Gasteiger charge is -2.19. The Kier molecular flexibility index (Phi) is 6.56. The second-order valence-electron chi connectivity index (χ2n) is 7.72. The molecule has 0 spiro atoms. The molecular formula is C23H26N4O3S. The fourth-order valence-corrected chi connectivity index (χ4v) is 4.43. The topological polar surface area (TPSA) is 88.3 Å². The monoisotopic (exact) mass is 438 g/mol. The second-order valence-corrected chi connectivity index (χ2v) is 8.66. The van der Waals surface area contributed by atoms with Crippen molar-refractivity contribution >= 4 is 40.5 Å². The zero-order chi connectivity index (χ0) is 21.8. The number of carbonyl (C=O) groups is 2. The van der Waals surface area contributed by atoms with Gasteiger partial charge in [-0.1, -0.05) is 42.8 Å². The van der Waals surface area contributed by atoms with Crippen LogP contribution in [-0.4, -0.2) is 45.5 Å². The quantitative estimate of drug-likeness (QED) is 0.463. The largest absolute Gasteiger partial charge is 0.443 e. The number of nitrogens with zero attached hydrogens (tertiary/aromatic N) is 3. The van der Waals surface area contributed by atoms with Crippen molar-refractivity contribution in [3.63, 3.8) is 0 Å². The van der Waals surface area contributed by atoms with E-state index in [2.05, 4.69) is 15.3 Å². The van der Waals surface area contributed by atoms with E-state index in [0.717, 1.165) is 37.3 Å². The molecule has 0 atom stereocenters. The molecule has 1 aliphatic heterocycles. The van der Waals surface area contributed by atoms with Gasteiger partial charge in [-0.05, 0) is 38.8 Å². The van der Waals surface area contributed by atoms with Gasteiger partial charge >= 0.3 is 0 Å². The van der Waals surface area contributed by atoms with Gasteiger partial charge in [-0.15, -0.1) is 0 Å². The molecule has 2 aromatic heterocycles. The summed E-state index contributed by atoms with van der Waals surface area (Å²) in [6.07, 6.45) is 4.47. The fraction of sp³-hybridized carbons (Fsp3) is 0.391. The van der Waals surface area contributed by atoms with Crippen molar-refractivity contribution in [1.82, 2.24) is 14.9 Å². The number of amides is 2. The van der Waals surface area contributed by atoms with Gasteiger partial charge in [0.1, 0.15) is 11.6 Å². The predicted molar refractivity (Wildman–Crippen MR) is 121 cm³/mol. The lowest BCUT2D eigenvalue weighted by Crippen LogP contribution is -2.33. The van der Waals surface area contributed by atoms with Gasteiger partial charge in [-0.25, -0.2) is 4.98 Å². The molecule has 8 heteroatoms. The highest BCUT2D eigenvalue weighted by atomic mass is 32.2. The van der Waals surface area contributed by atoms with Crippen LogP contribution in [0.15, 0.2) is 39.9 Å². The Morgan fingerprint density at radius 1 is 1.06 bits per heavy atom. The molecule has 7 nitrogen and oxygen atoms in total. The van der Waals surface area contributed by atoms with Gasteiger partial charge in [-0.3, -0.25) is 9.59 Å². The number of fused-ring (bicyclic) bond motifs is 1. The summed E-state index contributed by atoms with van der Waals surface area (Å²) in [4.78, 5) is 36.4. The van der Waals surface area contributed by atoms with E-state index in [1.54, 1.807) is 12.1 Å². The van der Waals surface area contributed by atoms with Crippen molar-refractivity contribution in [3.05, 3.63) is 47.2 Å². The number of aromatic nitrogens is 2. The summed E-state index contributed by atoms with van der Waals surface area (Å²) >= 11 is 1.27. The number of aryl methyl sites for hydroxylation is 2. The van der Waals surface area contributed by atoms with Gasteiger partial charge < -0.3 is 14.6 Å². The number of anilines is 1. The van der Waals surface area contributed by atoms with E-state index >= 15 is 0 Å². The fourth-order valence-electron chi connectivity index (χ4n) is 3.69. The maximum Gasteiger partial charge on any atom is 0.256 e. The minimum Gasteiger partial charge on any atom is -0.443 e. The summed E-state index contributed by atoms with van der Waals surface area (Å²) < 4.78 is 5.80. The zero-order valence-corrected chi connectivity index (χ0v) is 18.6. The van der Waals surface area contributed by atoms with Crippen LogP contribution in [0.5, 0.6) is 0 Å². The van der Waals surface area contributed by atoms with E-state index in [1.807, 2.05) is 36.9 Å². The molecule has 1 fully saturated rings. The second kappa shape index (κ2) is 9.51. The first-order valence-corrected chi connectivity index (χ1v) is 11.6. The minimum absolute atomic E-state index is 0.0947. The Balaban J connectivity index is 1.56. The molecule has 3 aromatic rings. The molecule has 0 radical (unpaired) electrons. The average Bonchev–Trinajstić information content (AvgIpc) is 2.95. The number of thioether (sulfide) groups is 1. The van der Waals surface area contributed by atoms with Crippen LogP contribution in [0.3, 0.4) is 0 Å². The van der Waals surface area contributed by atoms with E-state index in [1.165, 1.54) is 24.6 Å². The maximum atomic E-state index is 12.7. The number of benzene rings is 1. The van der Waals surface area contributed by atoms with Gasteiger partial charge in [0.25, 0.3) is 5.91 Å². The number of rotatable bonds is 5. The van der Waals surface area contributed by atoms with Gasteiger partial charge in [0, 0.05) is 24.2 Å². The third-order valence-corrected chi connectivity index (χ3v) is 6.39. The first-order chi connectivity index (χ1) is 15.0. The third kappa shape index (κ3) is 4.90. The summed E-state index contributed by atoms with van der Waals surface area (Å²) in [5.41, 5.74) is 1.84. The van der Waals surface area contributed by atoms with E-state index in [0.29, 0.717) is 27.6 Å². The van der Waals surface area contributed by atoms with Gasteiger partial charge in [0.05, 0.1) is 11.1 Å². The molecule has 31 heavy (non-hydrogen) atoms. The molecule has 0 saturated carbocycles. The van der Waals surface area contributed by atoms with E-state index in [-0.39, 0.29) is 17.6 Å². The summed E-state index contributed by atoms with van der Waals surface area (Å²) in [5, 5.41) is 3.99. The molecule has 4 rings (SSSR count). The molecule has 2 amide bonds. The standard InChI is InChI=1S/C23H26N4O3S/c1-15-16(2)30-22-19(15)20(24-21(29)17-10-6-5-7-11-17)25-23(26-22)31-14-18(28)27-12-8-3-4-9-13-27/h5-7,10-11H,3-4,8-9,12-14H2,1-2H3,(H,24,25,26,29). The lowest BCUT2D eigenvalue weighted by atomic mass is 10.2. The lowest BCUT2D eigenvalue weighted by molar-refractivity contribution is -0.128. The van der Waals surface area contributed by atoms with Crippen molar-refractivity contribution < 1.29 is 14.0 Å². The van der Waals surface area contributed by atoms with Crippen LogP contribution in [0.1, 0.15) is 47.4 Å². The molecule has 1 N–H and O–H groups in total. The van der Waals surface area contributed by atoms with Crippen LogP contribution in [0.4, 0.5) is 5.82 Å². The predicted octanol–water partition coefficient (Wildman–Crippen LogP) is 4.59. The smallest absolute Gasteiger partial charge is 0.256 e. The number of carbonyl (C=O) groups excluding carboxylic acids is 2. The van der Waals surface area contributed by atoms with E-state index < -0.39 is 0 Å². The van der Waals surface area contributed by atoms with Crippen LogP contribution in [0, 0.1) is 13.8 Å². The van der Waals surface area contributed by atoms with E-state index in [4.69, 9.17) is 4.42 Å². The van der Waals surface area contributed by atoms with Gasteiger partial charge in [0.15, 0.2) is 5.16 Å². The minimum atomic E-state index is -0.254. The molecule has 0 unspecified atom stereocenters. The highest BCUT2D eigenvalue weighted by Crippen LogP contribution is 2.31. The molecule has 1 saturated heterocycles. The zero-order valence-electron chi connectivity index (χ0n) is 17.8. The first-order valence-electron chi connectivity index (χ1n) is 10.6. The molecule has 162 valence electrons. The van der Waals surface area contributed by atoms with Crippen molar-refractivity contribution in [3.8, 4) is 0 Å². The summed E-state index contributed by atoms with van der Waals surface area (Å²) in [6, 6.07) is 8.98. The van der Waals surface area contributed by atoms with Crippen molar-refractivity contribution in [1.29, 1.82) is 0 Å². The SMILES string of the molecule is Cc1oc2nc(SCC(=O)N3CCCCCC3)nc(NC(=O)c3ccccc3)c2c1C. The Bertz CT molecular complexity index is 1090. The Labute approximate surface area is 185 Å². The number of furan rings is 1. The maximum absolute atomic E-state index is 12.7. The van der Waals surface area contributed by atoms with Crippen LogP contribution < -0.4 is 5.32 Å². The van der Waals surface area contributed by atoms with Gasteiger partial charge in [0.2, 0.25) is 11.6 Å². The average molecular weight is 439 g/mol. The van der Waals surface area contributed by atoms with Gasteiger partial charge in [-0.2, -0.15) is 4.98 Å². The van der Waals surface area contributed by atoms with Crippen LogP contribution in [0.25, 0.3) is 11.1 Å². The van der Waals surface area contributed by atoms with Crippen LogP contribution in [0.2, 0.25) is 0 Å². The Morgan fingerprint density at radius 3 is 2.48 bits per heavy atom. The normalized spacial score (nSPS) is 14.5. The molecule has 0 aliphatic carbocycles. The summed E-state index contributed by atoms with van der Waals surface area (Å²) in [6.45, 7) is 5.40. The molecule has 0 bridgehead atoms. The highest BCUT2D eigenvalue weighted by Gasteiger charge is 2.20. The summed E-state index contributed by atoms with van der Waals surface area (Å²) in [5.74, 6) is 1.23. The first kappa shape index (κ1) is 21.4. The molecule has 1 aromatic carbocycles. The molecule has 1 aliphatic rings. The van der Waals surface area contributed by atoms with Crippen LogP contribution in [-0.2, 0) is 4.79 Å². The number of likely N-dealkylation sites (tertiary alicyclic amines) is 1. The van der Waals surface area contributed by atoms with Crippen LogP contribution >= 0.6 is 11.8 Å². The Morgan fingerprint density at radius 2 is 1.77 bits per heavy atom.